The maximum absolute atomic E-state index is 10.9. The molecule has 0 aliphatic heterocycles. The van der Waals surface area contributed by atoms with Crippen LogP contribution >= 0.6 is 0 Å². The predicted octanol–water partition coefficient (Wildman–Crippen LogP) is 13.6. The Balaban J connectivity index is 3.36. The monoisotopic (exact) mass is 563 g/mol. The van der Waals surface area contributed by atoms with Gasteiger partial charge in [-0.15, -0.1) is 0 Å². The normalized spacial score (nSPS) is 12.4. The SMILES string of the molecule is CCCCCCCC/C=C\CCCCCCCC[Si](C)(O)CCCCCCCC/C=C\CCCCCCCC. The van der Waals surface area contributed by atoms with E-state index in [0.29, 0.717) is 0 Å². The van der Waals surface area contributed by atoms with Gasteiger partial charge in [-0.1, -0.05) is 167 Å². The summed E-state index contributed by atoms with van der Waals surface area (Å²) in [6.45, 7) is 6.79. The highest BCUT2D eigenvalue weighted by Crippen LogP contribution is 2.21. The molecule has 0 saturated carbocycles. The molecule has 1 N–H and O–H groups in total. The van der Waals surface area contributed by atoms with E-state index in [0.717, 1.165) is 12.1 Å². The lowest BCUT2D eigenvalue weighted by Gasteiger charge is -2.20. The average Bonchev–Trinajstić information content (AvgIpc) is 2.92. The van der Waals surface area contributed by atoms with Crippen molar-refractivity contribution in [1.82, 2.24) is 0 Å². The number of rotatable bonds is 32. The average molecular weight is 563 g/mol. The van der Waals surface area contributed by atoms with Gasteiger partial charge < -0.3 is 4.80 Å². The van der Waals surface area contributed by atoms with Gasteiger partial charge in [-0.3, -0.25) is 0 Å². The summed E-state index contributed by atoms with van der Waals surface area (Å²) in [5, 5.41) is 0. The minimum Gasteiger partial charge on any atom is -0.432 e. The summed E-state index contributed by atoms with van der Waals surface area (Å²) in [7, 11) is -1.94. The molecule has 0 saturated heterocycles. The van der Waals surface area contributed by atoms with Gasteiger partial charge >= 0.3 is 0 Å². The van der Waals surface area contributed by atoms with Crippen LogP contribution in [0.5, 0.6) is 0 Å². The van der Waals surface area contributed by atoms with Gasteiger partial charge in [-0.25, -0.2) is 0 Å². The fourth-order valence-corrected chi connectivity index (χ4v) is 7.91. The Bertz CT molecular complexity index is 466. The van der Waals surface area contributed by atoms with Crippen molar-refractivity contribution >= 4 is 8.32 Å². The second kappa shape index (κ2) is 32.2. The first-order valence-corrected chi connectivity index (χ1v) is 21.0. The Morgan fingerprint density at radius 3 is 0.872 bits per heavy atom. The topological polar surface area (TPSA) is 20.2 Å². The molecule has 0 atom stereocenters. The second-order valence-electron chi connectivity index (χ2n) is 12.9. The number of allylic oxidation sites excluding steroid dienone is 4. The lowest BCUT2D eigenvalue weighted by molar-refractivity contribution is 0.513. The van der Waals surface area contributed by atoms with E-state index in [4.69, 9.17) is 0 Å². The Morgan fingerprint density at radius 2 is 0.590 bits per heavy atom. The Hall–Kier alpha value is -0.343. The Kier molecular flexibility index (Phi) is 31.9. The molecule has 0 bridgehead atoms. The van der Waals surface area contributed by atoms with Crippen LogP contribution < -0.4 is 0 Å². The first kappa shape index (κ1) is 38.7. The zero-order chi connectivity index (χ0) is 28.5. The first-order chi connectivity index (χ1) is 19.1. The summed E-state index contributed by atoms with van der Waals surface area (Å²) < 4.78 is 0. The molecule has 39 heavy (non-hydrogen) atoms. The Morgan fingerprint density at radius 1 is 0.359 bits per heavy atom. The predicted molar refractivity (Wildman–Crippen MR) is 182 cm³/mol. The van der Waals surface area contributed by atoms with Crippen LogP contribution in [-0.2, 0) is 0 Å². The van der Waals surface area contributed by atoms with Crippen molar-refractivity contribution in [2.45, 2.75) is 212 Å². The van der Waals surface area contributed by atoms with Crippen LogP contribution in [0.2, 0.25) is 18.6 Å². The molecule has 0 aromatic heterocycles. The quantitative estimate of drug-likeness (QED) is 0.0491. The van der Waals surface area contributed by atoms with Gasteiger partial charge in [0, 0.05) is 0 Å². The summed E-state index contributed by atoms with van der Waals surface area (Å²) in [6.07, 6.45) is 47.7. The molecule has 0 aliphatic rings. The van der Waals surface area contributed by atoms with Crippen molar-refractivity contribution in [2.24, 2.45) is 0 Å². The van der Waals surface area contributed by atoms with Crippen molar-refractivity contribution < 1.29 is 4.80 Å². The minimum atomic E-state index is -1.94. The molecule has 0 aliphatic carbocycles. The fourth-order valence-electron chi connectivity index (χ4n) is 5.63. The van der Waals surface area contributed by atoms with Gasteiger partial charge in [-0.05, 0) is 70.0 Å². The highest BCUT2D eigenvalue weighted by molar-refractivity contribution is 6.71. The summed E-state index contributed by atoms with van der Waals surface area (Å²) in [5.74, 6) is 0. The van der Waals surface area contributed by atoms with Gasteiger partial charge in [0.05, 0.1) is 0 Å². The van der Waals surface area contributed by atoms with E-state index in [1.54, 1.807) is 0 Å². The maximum Gasteiger partial charge on any atom is 0.185 e. The molecule has 0 radical (unpaired) electrons. The third-order valence-electron chi connectivity index (χ3n) is 8.45. The van der Waals surface area contributed by atoms with E-state index in [1.165, 1.54) is 180 Å². The molecular formula is C37H74OSi. The van der Waals surface area contributed by atoms with E-state index in [9.17, 15) is 4.80 Å². The largest absolute Gasteiger partial charge is 0.432 e. The molecule has 0 spiro atoms. The maximum atomic E-state index is 10.9. The fraction of sp³-hybridized carbons (Fsp3) is 0.892. The highest BCUT2D eigenvalue weighted by atomic mass is 28.4. The van der Waals surface area contributed by atoms with Crippen LogP contribution in [0.25, 0.3) is 0 Å². The summed E-state index contributed by atoms with van der Waals surface area (Å²) >= 11 is 0. The minimum absolute atomic E-state index is 1.12. The third kappa shape index (κ3) is 33.8. The molecule has 0 aromatic rings. The van der Waals surface area contributed by atoms with Crippen molar-refractivity contribution in [3.63, 3.8) is 0 Å². The summed E-state index contributed by atoms with van der Waals surface area (Å²) in [6, 6.07) is 2.25. The van der Waals surface area contributed by atoms with E-state index in [-0.39, 0.29) is 0 Å². The van der Waals surface area contributed by atoms with Gasteiger partial charge in [-0.2, -0.15) is 0 Å². The molecule has 0 rings (SSSR count). The standard InChI is InChI=1S/C37H74OSi/c1-4-6-8-10-12-14-16-18-20-22-24-26-28-30-32-34-36-39(3,38)37-35-33-31-29-27-25-23-21-19-17-15-13-11-9-7-5-2/h18-21,38H,4-17,22-37H2,1-3H3/b20-18-,21-19-. The van der Waals surface area contributed by atoms with E-state index < -0.39 is 8.32 Å². The zero-order valence-electron chi connectivity index (χ0n) is 27.5. The van der Waals surface area contributed by atoms with Crippen molar-refractivity contribution in [2.75, 3.05) is 0 Å². The van der Waals surface area contributed by atoms with Crippen molar-refractivity contribution in [3.05, 3.63) is 24.3 Å². The van der Waals surface area contributed by atoms with Gasteiger partial charge in [0.15, 0.2) is 8.32 Å². The summed E-state index contributed by atoms with van der Waals surface area (Å²) in [4.78, 5) is 10.9. The molecule has 0 heterocycles. The van der Waals surface area contributed by atoms with Gasteiger partial charge in [0.25, 0.3) is 0 Å². The van der Waals surface area contributed by atoms with Crippen LogP contribution in [0.15, 0.2) is 24.3 Å². The van der Waals surface area contributed by atoms with Crippen molar-refractivity contribution in [1.29, 1.82) is 0 Å². The van der Waals surface area contributed by atoms with Crippen LogP contribution in [0.4, 0.5) is 0 Å². The van der Waals surface area contributed by atoms with E-state index >= 15 is 0 Å². The number of hydrogen-bond donors (Lipinski definition) is 1. The van der Waals surface area contributed by atoms with Gasteiger partial charge in [0.1, 0.15) is 0 Å². The number of unbranched alkanes of at least 4 members (excludes halogenated alkanes) is 24. The molecule has 0 fully saturated rings. The molecule has 232 valence electrons. The molecular weight excluding hydrogens is 488 g/mol. The number of hydrogen-bond acceptors (Lipinski definition) is 1. The van der Waals surface area contributed by atoms with Crippen LogP contribution in [-0.4, -0.2) is 13.1 Å². The van der Waals surface area contributed by atoms with Crippen molar-refractivity contribution in [3.8, 4) is 0 Å². The van der Waals surface area contributed by atoms with Crippen LogP contribution in [0, 0.1) is 0 Å². The van der Waals surface area contributed by atoms with E-state index in [1.807, 2.05) is 0 Å². The smallest absolute Gasteiger partial charge is 0.185 e. The molecule has 2 heteroatoms. The molecule has 0 amide bonds. The second-order valence-corrected chi connectivity index (χ2v) is 16.9. The zero-order valence-corrected chi connectivity index (χ0v) is 28.5. The summed E-state index contributed by atoms with van der Waals surface area (Å²) in [5.41, 5.74) is 0. The lowest BCUT2D eigenvalue weighted by atomic mass is 10.1. The van der Waals surface area contributed by atoms with E-state index in [2.05, 4.69) is 44.7 Å². The van der Waals surface area contributed by atoms with Crippen LogP contribution in [0.1, 0.15) is 194 Å². The molecule has 1 nitrogen and oxygen atoms in total. The van der Waals surface area contributed by atoms with Gasteiger partial charge in [0.2, 0.25) is 0 Å². The Labute approximate surface area is 249 Å². The first-order valence-electron chi connectivity index (χ1n) is 18.1. The highest BCUT2D eigenvalue weighted by Gasteiger charge is 2.22. The lowest BCUT2D eigenvalue weighted by Crippen LogP contribution is -2.29. The molecule has 0 unspecified atom stereocenters. The van der Waals surface area contributed by atoms with Crippen LogP contribution in [0.3, 0.4) is 0 Å². The molecule has 0 aromatic carbocycles. The third-order valence-corrected chi connectivity index (χ3v) is 11.3.